The van der Waals surface area contributed by atoms with Crippen molar-refractivity contribution in [3.05, 3.63) is 65.5 Å². The zero-order valence-electron chi connectivity index (χ0n) is 25.0. The first-order valence-corrected chi connectivity index (χ1v) is 14.7. The normalized spacial score (nSPS) is 22.7. The standard InChI is InChI=1S/C32H40FN3O7/c1-19(2)25-13-8-20(3)16-27(25)43-32(41)36-15-14-35(31(40)22-6-5-7-24(17-22)42-4)30(36)29(39)34-26(18-28(37)38)21-9-11-23(33)12-10-21/h5-7,9-12,17,19-20,25-27,30H,8,13-16,18H2,1-4H3,(H,34,39)(H,37,38). The average molecular weight is 598 g/mol. The van der Waals surface area contributed by atoms with Gasteiger partial charge in [-0.05, 0) is 66.5 Å². The van der Waals surface area contributed by atoms with Crippen molar-refractivity contribution in [2.45, 2.75) is 64.8 Å². The van der Waals surface area contributed by atoms with Gasteiger partial charge in [-0.25, -0.2) is 9.18 Å². The van der Waals surface area contributed by atoms with Gasteiger partial charge in [0.25, 0.3) is 11.8 Å². The number of nitrogens with zero attached hydrogens (tertiary/aromatic N) is 2. The summed E-state index contributed by atoms with van der Waals surface area (Å²) in [6, 6.07) is 10.5. The zero-order chi connectivity index (χ0) is 31.3. The Morgan fingerprint density at radius 2 is 1.74 bits per heavy atom. The molecule has 4 rings (SSSR count). The van der Waals surface area contributed by atoms with Crippen LogP contribution in [0.15, 0.2) is 48.5 Å². The molecule has 3 amide bonds. The molecular formula is C32H40FN3O7. The molecule has 5 unspecified atom stereocenters. The third-order valence-corrected chi connectivity index (χ3v) is 8.40. The van der Waals surface area contributed by atoms with Gasteiger partial charge in [-0.2, -0.15) is 0 Å². The lowest BCUT2D eigenvalue weighted by Crippen LogP contribution is -2.55. The van der Waals surface area contributed by atoms with E-state index in [1.165, 1.54) is 41.2 Å². The molecule has 1 aliphatic carbocycles. The second kappa shape index (κ2) is 13.9. The van der Waals surface area contributed by atoms with Crippen LogP contribution in [0.25, 0.3) is 0 Å². The summed E-state index contributed by atoms with van der Waals surface area (Å²) < 4.78 is 24.9. The van der Waals surface area contributed by atoms with Gasteiger partial charge in [0.15, 0.2) is 6.17 Å². The van der Waals surface area contributed by atoms with Crippen molar-refractivity contribution in [1.82, 2.24) is 15.1 Å². The molecule has 2 aliphatic rings. The van der Waals surface area contributed by atoms with Crippen LogP contribution in [0.4, 0.5) is 9.18 Å². The van der Waals surface area contributed by atoms with Gasteiger partial charge in [-0.1, -0.05) is 45.4 Å². The molecule has 2 aromatic rings. The van der Waals surface area contributed by atoms with Crippen LogP contribution in [0.3, 0.4) is 0 Å². The molecule has 2 aromatic carbocycles. The number of hydrogen-bond acceptors (Lipinski definition) is 6. The van der Waals surface area contributed by atoms with E-state index >= 15 is 0 Å². The Morgan fingerprint density at radius 1 is 1.05 bits per heavy atom. The van der Waals surface area contributed by atoms with Crippen molar-refractivity contribution in [1.29, 1.82) is 0 Å². The lowest BCUT2D eigenvalue weighted by atomic mass is 9.75. The van der Waals surface area contributed by atoms with E-state index in [1.54, 1.807) is 24.3 Å². The molecule has 232 valence electrons. The van der Waals surface area contributed by atoms with Crippen LogP contribution in [0.1, 0.15) is 68.4 Å². The molecular weight excluding hydrogens is 557 g/mol. The number of nitrogens with one attached hydrogen (secondary N) is 1. The van der Waals surface area contributed by atoms with E-state index < -0.39 is 48.3 Å². The van der Waals surface area contributed by atoms with Crippen molar-refractivity contribution >= 4 is 23.9 Å². The molecule has 0 aromatic heterocycles. The molecule has 1 heterocycles. The van der Waals surface area contributed by atoms with Crippen molar-refractivity contribution in [3.8, 4) is 5.75 Å². The van der Waals surface area contributed by atoms with Gasteiger partial charge in [-0.15, -0.1) is 0 Å². The minimum atomic E-state index is -1.40. The van der Waals surface area contributed by atoms with Crippen molar-refractivity contribution in [3.63, 3.8) is 0 Å². The number of halogens is 1. The second-order valence-electron chi connectivity index (χ2n) is 11.8. The number of carboxylic acid groups (broad SMARTS) is 1. The molecule has 0 radical (unpaired) electrons. The predicted octanol–water partition coefficient (Wildman–Crippen LogP) is 4.85. The second-order valence-corrected chi connectivity index (χ2v) is 11.8. The third kappa shape index (κ3) is 7.63. The highest BCUT2D eigenvalue weighted by Crippen LogP contribution is 2.36. The Bertz CT molecular complexity index is 1320. The van der Waals surface area contributed by atoms with Crippen LogP contribution < -0.4 is 10.1 Å². The number of ether oxygens (including phenoxy) is 2. The summed E-state index contributed by atoms with van der Waals surface area (Å²) >= 11 is 0. The van der Waals surface area contributed by atoms with Gasteiger partial charge in [0.1, 0.15) is 17.7 Å². The van der Waals surface area contributed by atoms with Crippen molar-refractivity contribution < 1.29 is 38.1 Å². The molecule has 1 saturated carbocycles. The van der Waals surface area contributed by atoms with E-state index in [0.717, 1.165) is 12.8 Å². The van der Waals surface area contributed by atoms with E-state index in [9.17, 15) is 28.7 Å². The van der Waals surface area contributed by atoms with E-state index in [2.05, 4.69) is 26.1 Å². The quantitative estimate of drug-likeness (QED) is 0.423. The summed E-state index contributed by atoms with van der Waals surface area (Å²) in [5, 5.41) is 12.2. The van der Waals surface area contributed by atoms with Crippen molar-refractivity contribution in [2.75, 3.05) is 20.2 Å². The first-order valence-electron chi connectivity index (χ1n) is 14.7. The predicted molar refractivity (Wildman–Crippen MR) is 156 cm³/mol. The fourth-order valence-corrected chi connectivity index (χ4v) is 6.05. The SMILES string of the molecule is COc1cccc(C(=O)N2CCN(C(=O)OC3CC(C)CCC3C(C)C)C2C(=O)NC(CC(=O)O)c2ccc(F)cc2)c1. The number of aliphatic carboxylic acids is 1. The molecule has 1 aliphatic heterocycles. The number of carbonyl (C=O) groups excluding carboxylic acids is 3. The first-order chi connectivity index (χ1) is 20.5. The van der Waals surface area contributed by atoms with E-state index in [4.69, 9.17) is 9.47 Å². The topological polar surface area (TPSA) is 125 Å². The Kier molecular flexibility index (Phi) is 10.3. The number of rotatable bonds is 9. The third-order valence-electron chi connectivity index (χ3n) is 8.40. The number of methoxy groups -OCH3 is 1. The summed E-state index contributed by atoms with van der Waals surface area (Å²) in [4.78, 5) is 55.6. The Labute approximate surface area is 251 Å². The minimum Gasteiger partial charge on any atom is -0.497 e. The Morgan fingerprint density at radius 3 is 2.40 bits per heavy atom. The summed E-state index contributed by atoms with van der Waals surface area (Å²) in [6.07, 6.45) is -0.255. The number of benzene rings is 2. The van der Waals surface area contributed by atoms with Gasteiger partial charge < -0.3 is 24.8 Å². The summed E-state index contributed by atoms with van der Waals surface area (Å²) in [5.41, 5.74) is 0.625. The Hall–Kier alpha value is -4.15. The summed E-state index contributed by atoms with van der Waals surface area (Å²) in [6.45, 7) is 6.41. The maximum absolute atomic E-state index is 13.9. The van der Waals surface area contributed by atoms with Gasteiger partial charge in [0, 0.05) is 18.7 Å². The number of carboxylic acids is 1. The molecule has 0 spiro atoms. The number of hydrogen-bond donors (Lipinski definition) is 2. The van der Waals surface area contributed by atoms with Gasteiger partial charge in [0.05, 0.1) is 19.6 Å². The fraction of sp³-hybridized carbons (Fsp3) is 0.500. The van der Waals surface area contributed by atoms with Gasteiger partial charge >= 0.3 is 12.1 Å². The highest BCUT2D eigenvalue weighted by atomic mass is 19.1. The van der Waals surface area contributed by atoms with Crippen LogP contribution in [-0.4, -0.2) is 71.3 Å². The first kappa shape index (κ1) is 31.8. The Balaban J connectivity index is 1.64. The van der Waals surface area contributed by atoms with Crippen LogP contribution in [0.2, 0.25) is 0 Å². The van der Waals surface area contributed by atoms with Crippen LogP contribution in [-0.2, 0) is 14.3 Å². The van der Waals surface area contributed by atoms with Gasteiger partial charge in [-0.3, -0.25) is 19.3 Å². The molecule has 11 heteroatoms. The molecule has 2 N–H and O–H groups in total. The maximum atomic E-state index is 13.9. The van der Waals surface area contributed by atoms with Crippen LogP contribution >= 0.6 is 0 Å². The summed E-state index contributed by atoms with van der Waals surface area (Å²) in [7, 11) is 1.47. The van der Waals surface area contributed by atoms with Crippen LogP contribution in [0, 0.1) is 23.6 Å². The molecule has 43 heavy (non-hydrogen) atoms. The number of amides is 3. The molecule has 0 bridgehead atoms. The molecule has 1 saturated heterocycles. The maximum Gasteiger partial charge on any atom is 0.412 e. The highest BCUT2D eigenvalue weighted by Gasteiger charge is 2.46. The smallest absolute Gasteiger partial charge is 0.412 e. The van der Waals surface area contributed by atoms with Crippen LogP contribution in [0.5, 0.6) is 5.75 Å². The monoisotopic (exact) mass is 597 g/mol. The lowest BCUT2D eigenvalue weighted by Gasteiger charge is -2.38. The largest absolute Gasteiger partial charge is 0.497 e. The zero-order valence-corrected chi connectivity index (χ0v) is 25.0. The van der Waals surface area contributed by atoms with E-state index in [1.807, 2.05) is 0 Å². The van der Waals surface area contributed by atoms with Gasteiger partial charge in [0.2, 0.25) is 0 Å². The highest BCUT2D eigenvalue weighted by molar-refractivity contribution is 5.99. The van der Waals surface area contributed by atoms with E-state index in [0.29, 0.717) is 29.6 Å². The fourth-order valence-electron chi connectivity index (χ4n) is 6.05. The molecule has 2 fully saturated rings. The molecule has 5 atom stereocenters. The molecule has 10 nitrogen and oxygen atoms in total. The number of carbonyl (C=O) groups is 4. The summed E-state index contributed by atoms with van der Waals surface area (Å²) in [5.74, 6) is -1.66. The average Bonchev–Trinajstić information content (AvgIpc) is 3.42. The lowest BCUT2D eigenvalue weighted by molar-refractivity contribution is -0.138. The van der Waals surface area contributed by atoms with E-state index in [-0.39, 0.29) is 30.7 Å². The van der Waals surface area contributed by atoms with Crippen molar-refractivity contribution in [2.24, 2.45) is 17.8 Å². The minimum absolute atomic E-state index is 0.0430.